The maximum absolute atomic E-state index is 11.4. The monoisotopic (exact) mass is 261 g/mol. The van der Waals surface area contributed by atoms with Crippen LogP contribution in [0.15, 0.2) is 48.7 Å². The summed E-state index contributed by atoms with van der Waals surface area (Å²) in [7, 11) is 0. The molecule has 4 heteroatoms. The van der Waals surface area contributed by atoms with E-state index in [1.165, 1.54) is 0 Å². The van der Waals surface area contributed by atoms with E-state index in [0.29, 0.717) is 17.1 Å². The van der Waals surface area contributed by atoms with Gasteiger partial charge in [0.25, 0.3) is 0 Å². The van der Waals surface area contributed by atoms with Crippen molar-refractivity contribution in [2.75, 3.05) is 0 Å². The van der Waals surface area contributed by atoms with E-state index in [-0.39, 0.29) is 0 Å². The number of hydrogen-bond donors (Lipinski definition) is 1. The number of halogens is 1. The van der Waals surface area contributed by atoms with Crippen molar-refractivity contribution in [3.8, 4) is 0 Å². The van der Waals surface area contributed by atoms with E-state index in [4.69, 9.17) is 11.6 Å². The number of hydrogen-bond acceptors (Lipinski definition) is 2. The van der Waals surface area contributed by atoms with Crippen molar-refractivity contribution in [2.24, 2.45) is 0 Å². The van der Waals surface area contributed by atoms with Crippen LogP contribution in [0.4, 0.5) is 0 Å². The van der Waals surface area contributed by atoms with E-state index in [1.807, 2.05) is 30.3 Å². The minimum absolute atomic E-state index is 0.382. The van der Waals surface area contributed by atoms with Crippen molar-refractivity contribution >= 4 is 17.6 Å². The third-order valence-electron chi connectivity index (χ3n) is 2.70. The maximum atomic E-state index is 11.4. The molecule has 0 amide bonds. The van der Waals surface area contributed by atoms with Gasteiger partial charge in [0.05, 0.1) is 10.7 Å². The van der Waals surface area contributed by atoms with Crippen molar-refractivity contribution in [3.05, 3.63) is 64.9 Å². The second-order valence-electron chi connectivity index (χ2n) is 3.95. The second-order valence-corrected chi connectivity index (χ2v) is 4.36. The van der Waals surface area contributed by atoms with Crippen LogP contribution in [-0.2, 0) is 11.2 Å². The first-order chi connectivity index (χ1) is 8.68. The number of carboxylic acid groups (broad SMARTS) is 1. The summed E-state index contributed by atoms with van der Waals surface area (Å²) >= 11 is 6.00. The fraction of sp³-hybridized carbons (Fsp3) is 0.143. The Labute approximate surface area is 110 Å². The van der Waals surface area contributed by atoms with Gasteiger partial charge in [0.15, 0.2) is 0 Å². The van der Waals surface area contributed by atoms with Crippen molar-refractivity contribution < 1.29 is 9.90 Å². The number of aromatic nitrogens is 1. The van der Waals surface area contributed by atoms with Gasteiger partial charge in [-0.1, -0.05) is 41.9 Å². The molecule has 1 N–H and O–H groups in total. The topological polar surface area (TPSA) is 50.2 Å². The SMILES string of the molecule is O=C(O)C(Cc1ccccc1)c1ncccc1Cl. The number of nitrogens with zero attached hydrogens (tertiary/aromatic N) is 1. The summed E-state index contributed by atoms with van der Waals surface area (Å²) in [5.74, 6) is -1.64. The molecule has 0 saturated carbocycles. The molecule has 1 atom stereocenters. The molecule has 0 saturated heterocycles. The molecule has 2 aromatic rings. The molecule has 0 spiro atoms. The van der Waals surface area contributed by atoms with Gasteiger partial charge in [0, 0.05) is 6.20 Å². The highest BCUT2D eigenvalue weighted by molar-refractivity contribution is 6.31. The molecule has 18 heavy (non-hydrogen) atoms. The standard InChI is InChI=1S/C14H12ClNO2/c15-12-7-4-8-16-13(12)11(14(17)18)9-10-5-2-1-3-6-10/h1-8,11H,9H2,(H,17,18). The normalized spacial score (nSPS) is 12.1. The van der Waals surface area contributed by atoms with Crippen molar-refractivity contribution in [1.82, 2.24) is 4.98 Å². The van der Waals surface area contributed by atoms with Crippen LogP contribution in [0.5, 0.6) is 0 Å². The molecule has 1 aromatic heterocycles. The van der Waals surface area contributed by atoms with Crippen LogP contribution in [0.1, 0.15) is 17.2 Å². The van der Waals surface area contributed by atoms with Gasteiger partial charge >= 0.3 is 5.97 Å². The van der Waals surface area contributed by atoms with Gasteiger partial charge in [-0.05, 0) is 24.1 Å². The van der Waals surface area contributed by atoms with Crippen LogP contribution in [-0.4, -0.2) is 16.1 Å². The summed E-state index contributed by atoms with van der Waals surface area (Å²) in [5, 5.41) is 9.70. The lowest BCUT2D eigenvalue weighted by atomic mass is 9.96. The summed E-state index contributed by atoms with van der Waals surface area (Å²) < 4.78 is 0. The lowest BCUT2D eigenvalue weighted by molar-refractivity contribution is -0.138. The number of carboxylic acids is 1. The van der Waals surface area contributed by atoms with E-state index >= 15 is 0 Å². The van der Waals surface area contributed by atoms with Crippen LogP contribution < -0.4 is 0 Å². The molecular formula is C14H12ClNO2. The highest BCUT2D eigenvalue weighted by Crippen LogP contribution is 2.25. The Morgan fingerprint density at radius 2 is 1.94 bits per heavy atom. The zero-order valence-corrected chi connectivity index (χ0v) is 10.3. The molecule has 0 aliphatic heterocycles. The van der Waals surface area contributed by atoms with Gasteiger partial charge in [0.2, 0.25) is 0 Å². The zero-order valence-electron chi connectivity index (χ0n) is 9.58. The molecular weight excluding hydrogens is 250 g/mol. The number of carbonyl (C=O) groups is 1. The molecule has 0 bridgehead atoms. The van der Waals surface area contributed by atoms with E-state index in [1.54, 1.807) is 18.3 Å². The minimum Gasteiger partial charge on any atom is -0.481 e. The molecule has 0 aliphatic rings. The molecule has 92 valence electrons. The van der Waals surface area contributed by atoms with Crippen LogP contribution in [0.3, 0.4) is 0 Å². The first kappa shape index (κ1) is 12.6. The van der Waals surface area contributed by atoms with Gasteiger partial charge in [-0.15, -0.1) is 0 Å². The van der Waals surface area contributed by atoms with Crippen molar-refractivity contribution in [1.29, 1.82) is 0 Å². The van der Waals surface area contributed by atoms with Crippen LogP contribution in [0, 0.1) is 0 Å². The predicted octanol–water partition coefficient (Wildman–Crippen LogP) is 3.15. The smallest absolute Gasteiger partial charge is 0.312 e. The molecule has 1 unspecified atom stereocenters. The van der Waals surface area contributed by atoms with Gasteiger partial charge in [-0.25, -0.2) is 0 Å². The molecule has 1 heterocycles. The van der Waals surface area contributed by atoms with E-state index in [0.717, 1.165) is 5.56 Å². The third-order valence-corrected chi connectivity index (χ3v) is 3.02. The second kappa shape index (κ2) is 5.65. The van der Waals surface area contributed by atoms with Gasteiger partial charge in [0.1, 0.15) is 5.92 Å². The number of benzene rings is 1. The molecule has 2 rings (SSSR count). The first-order valence-electron chi connectivity index (χ1n) is 5.55. The Bertz CT molecular complexity index is 543. The number of pyridine rings is 1. The van der Waals surface area contributed by atoms with E-state index in [2.05, 4.69) is 4.98 Å². The predicted molar refractivity (Wildman–Crippen MR) is 69.8 cm³/mol. The maximum Gasteiger partial charge on any atom is 0.312 e. The largest absolute Gasteiger partial charge is 0.481 e. The highest BCUT2D eigenvalue weighted by atomic mass is 35.5. The number of aliphatic carboxylic acids is 1. The van der Waals surface area contributed by atoms with Crippen LogP contribution in [0.25, 0.3) is 0 Å². The zero-order chi connectivity index (χ0) is 13.0. The van der Waals surface area contributed by atoms with Crippen molar-refractivity contribution in [3.63, 3.8) is 0 Å². The first-order valence-corrected chi connectivity index (χ1v) is 5.93. The molecule has 3 nitrogen and oxygen atoms in total. The van der Waals surface area contributed by atoms with Crippen molar-refractivity contribution in [2.45, 2.75) is 12.3 Å². The fourth-order valence-electron chi connectivity index (χ4n) is 1.81. The Morgan fingerprint density at radius 1 is 1.22 bits per heavy atom. The lowest BCUT2D eigenvalue weighted by Gasteiger charge is -2.13. The summed E-state index contributed by atoms with van der Waals surface area (Å²) in [4.78, 5) is 15.4. The molecule has 0 aliphatic carbocycles. The minimum atomic E-state index is -0.917. The van der Waals surface area contributed by atoms with E-state index in [9.17, 15) is 9.90 Å². The molecule has 0 radical (unpaired) electrons. The Hall–Kier alpha value is -1.87. The third kappa shape index (κ3) is 2.87. The van der Waals surface area contributed by atoms with E-state index < -0.39 is 11.9 Å². The van der Waals surface area contributed by atoms with Crippen LogP contribution in [0.2, 0.25) is 5.02 Å². The van der Waals surface area contributed by atoms with Gasteiger partial charge < -0.3 is 5.11 Å². The summed E-state index contributed by atoms with van der Waals surface area (Å²) in [6.07, 6.45) is 1.94. The average molecular weight is 262 g/mol. The summed E-state index contributed by atoms with van der Waals surface area (Å²) in [5.41, 5.74) is 1.36. The Morgan fingerprint density at radius 3 is 2.56 bits per heavy atom. The van der Waals surface area contributed by atoms with Gasteiger partial charge in [-0.2, -0.15) is 0 Å². The van der Waals surface area contributed by atoms with Crippen LogP contribution >= 0.6 is 11.6 Å². The lowest BCUT2D eigenvalue weighted by Crippen LogP contribution is -2.16. The summed E-state index contributed by atoms with van der Waals surface area (Å²) in [6, 6.07) is 12.8. The average Bonchev–Trinajstić information content (AvgIpc) is 2.38. The molecule has 1 aromatic carbocycles. The number of rotatable bonds is 4. The quantitative estimate of drug-likeness (QED) is 0.920. The van der Waals surface area contributed by atoms with Gasteiger partial charge in [-0.3, -0.25) is 9.78 Å². The summed E-state index contributed by atoms with van der Waals surface area (Å²) in [6.45, 7) is 0. The Kier molecular flexibility index (Phi) is 3.95. The fourth-order valence-corrected chi connectivity index (χ4v) is 2.06. The Balaban J connectivity index is 2.30. The highest BCUT2D eigenvalue weighted by Gasteiger charge is 2.23. The molecule has 0 fully saturated rings.